The highest BCUT2D eigenvalue weighted by molar-refractivity contribution is 6.09. The fourth-order valence-corrected chi connectivity index (χ4v) is 5.30. The number of hydrogen-bond acceptors (Lipinski definition) is 1. The number of Topliss-reactive ketones (excluding diaryl/α,β-unsaturated/α-hetero) is 1. The smallest absolute Gasteiger partial charge is 0.219 e. The van der Waals surface area contributed by atoms with E-state index in [0.717, 1.165) is 48.3 Å². The van der Waals surface area contributed by atoms with Crippen LogP contribution in [0.25, 0.3) is 10.9 Å². The van der Waals surface area contributed by atoms with Gasteiger partial charge in [0.25, 0.3) is 0 Å². The van der Waals surface area contributed by atoms with Crippen molar-refractivity contribution in [3.8, 4) is 0 Å². The zero-order chi connectivity index (χ0) is 21.9. The molecule has 0 aliphatic carbocycles. The van der Waals surface area contributed by atoms with Gasteiger partial charge >= 0.3 is 0 Å². The van der Waals surface area contributed by atoms with Crippen molar-refractivity contribution in [2.24, 2.45) is 0 Å². The molecule has 1 fully saturated rings. The van der Waals surface area contributed by atoms with E-state index in [2.05, 4.69) is 65.6 Å². The molecule has 0 saturated carbocycles. The number of hydrogen-bond donors (Lipinski definition) is 3. The number of aromatic amines is 1. The molecule has 4 heteroatoms. The molecule has 162 valence electrons. The van der Waals surface area contributed by atoms with Crippen LogP contribution in [0.5, 0.6) is 0 Å². The van der Waals surface area contributed by atoms with E-state index in [9.17, 15) is 4.79 Å². The highest BCUT2D eigenvalue weighted by atomic mass is 16.1. The van der Waals surface area contributed by atoms with Crippen LogP contribution in [0.15, 0.2) is 84.9 Å². The second-order valence-corrected chi connectivity index (χ2v) is 8.93. The first-order chi connectivity index (χ1) is 15.7. The first-order valence-corrected chi connectivity index (χ1v) is 11.6. The number of nitrogens with one attached hydrogen (secondary N) is 3. The lowest BCUT2D eigenvalue weighted by Crippen LogP contribution is -3.28. The molecule has 0 atom stereocenters. The Morgan fingerprint density at radius 3 is 2.00 bits per heavy atom. The third-order valence-corrected chi connectivity index (χ3v) is 6.86. The molecule has 0 spiro atoms. The van der Waals surface area contributed by atoms with Gasteiger partial charge in [-0.3, -0.25) is 4.79 Å². The molecule has 0 radical (unpaired) electrons. The Hall–Kier alpha value is -3.21. The van der Waals surface area contributed by atoms with Gasteiger partial charge in [-0.1, -0.05) is 78.9 Å². The van der Waals surface area contributed by atoms with Gasteiger partial charge in [0.15, 0.2) is 0 Å². The number of aryl methyl sites for hydroxylation is 1. The van der Waals surface area contributed by atoms with Crippen molar-refractivity contribution in [1.29, 1.82) is 0 Å². The van der Waals surface area contributed by atoms with Gasteiger partial charge in [-0.25, -0.2) is 0 Å². The fourth-order valence-electron chi connectivity index (χ4n) is 5.30. The van der Waals surface area contributed by atoms with Crippen LogP contribution in [-0.2, 0) is 0 Å². The van der Waals surface area contributed by atoms with Crippen LogP contribution in [0.4, 0.5) is 0 Å². The Kier molecular flexibility index (Phi) is 5.89. The molecular weight excluding hydrogens is 394 g/mol. The van der Waals surface area contributed by atoms with Crippen molar-refractivity contribution in [2.75, 3.05) is 32.7 Å². The lowest BCUT2D eigenvalue weighted by Gasteiger charge is -2.35. The molecule has 0 bridgehead atoms. The van der Waals surface area contributed by atoms with E-state index in [-0.39, 0.29) is 5.78 Å². The Balaban J connectivity index is 1.30. The van der Waals surface area contributed by atoms with Gasteiger partial charge in [0.2, 0.25) is 5.78 Å². The van der Waals surface area contributed by atoms with E-state index in [1.165, 1.54) is 16.0 Å². The van der Waals surface area contributed by atoms with Gasteiger partial charge in [-0.15, -0.1) is 0 Å². The van der Waals surface area contributed by atoms with E-state index in [1.807, 2.05) is 31.2 Å². The number of carbonyl (C=O) groups excluding carboxylic acids is 1. The van der Waals surface area contributed by atoms with Gasteiger partial charge in [-0.2, -0.15) is 0 Å². The SMILES string of the molecule is Cc1[nH]c2ccccc2c1C(=O)C[NH+]1CC[NH+](C(c2ccccc2)c2ccccc2)CC1. The van der Waals surface area contributed by atoms with E-state index in [4.69, 9.17) is 0 Å². The number of H-pyrrole nitrogens is 1. The maximum atomic E-state index is 13.2. The molecular formula is C28H31N3O+2. The van der Waals surface area contributed by atoms with Crippen molar-refractivity contribution < 1.29 is 14.6 Å². The third-order valence-electron chi connectivity index (χ3n) is 6.86. The predicted molar refractivity (Wildman–Crippen MR) is 128 cm³/mol. The molecule has 3 N–H and O–H groups in total. The van der Waals surface area contributed by atoms with Gasteiger partial charge in [0.1, 0.15) is 38.8 Å². The minimum Gasteiger partial charge on any atom is -0.358 e. The van der Waals surface area contributed by atoms with Crippen LogP contribution in [0.3, 0.4) is 0 Å². The predicted octanol–water partition coefficient (Wildman–Crippen LogP) is 2.23. The summed E-state index contributed by atoms with van der Waals surface area (Å²) in [5.74, 6) is 0.251. The average molecular weight is 426 g/mol. The number of rotatable bonds is 6. The number of para-hydroxylation sites is 1. The molecule has 2 heterocycles. The summed E-state index contributed by atoms with van der Waals surface area (Å²) < 4.78 is 0. The van der Waals surface area contributed by atoms with Crippen LogP contribution in [-0.4, -0.2) is 43.5 Å². The lowest BCUT2D eigenvalue weighted by atomic mass is 9.96. The first kappa shape index (κ1) is 20.7. The van der Waals surface area contributed by atoms with Crippen LogP contribution >= 0.6 is 0 Å². The molecule has 0 amide bonds. The summed E-state index contributed by atoms with van der Waals surface area (Å²) in [5.41, 5.74) is 5.62. The van der Waals surface area contributed by atoms with Gasteiger partial charge in [0, 0.05) is 27.7 Å². The topological polar surface area (TPSA) is 41.7 Å². The molecule has 1 aliphatic rings. The number of aromatic nitrogens is 1. The zero-order valence-corrected chi connectivity index (χ0v) is 18.6. The molecule has 1 aromatic heterocycles. The van der Waals surface area contributed by atoms with Crippen molar-refractivity contribution in [1.82, 2.24) is 4.98 Å². The largest absolute Gasteiger partial charge is 0.358 e. The van der Waals surface area contributed by atoms with E-state index in [1.54, 1.807) is 4.90 Å². The summed E-state index contributed by atoms with van der Waals surface area (Å²) >= 11 is 0. The summed E-state index contributed by atoms with van der Waals surface area (Å²) in [4.78, 5) is 19.6. The number of ketones is 1. The molecule has 5 rings (SSSR count). The lowest BCUT2D eigenvalue weighted by molar-refractivity contribution is -1.02. The van der Waals surface area contributed by atoms with E-state index >= 15 is 0 Å². The summed E-state index contributed by atoms with van der Waals surface area (Å²) in [6.45, 7) is 6.72. The summed E-state index contributed by atoms with van der Waals surface area (Å²) in [6.07, 6.45) is 0. The number of piperazine rings is 1. The summed E-state index contributed by atoms with van der Waals surface area (Å²) in [7, 11) is 0. The highest BCUT2D eigenvalue weighted by Gasteiger charge is 2.33. The standard InChI is InChI=1S/C28H29N3O/c1-21-27(24-14-8-9-15-25(24)29-21)26(32)20-30-16-18-31(19-17-30)28(22-10-4-2-5-11-22)23-12-6-3-7-13-23/h2-15,28-29H,16-20H2,1H3/p+2. The van der Waals surface area contributed by atoms with E-state index < -0.39 is 0 Å². The van der Waals surface area contributed by atoms with Crippen molar-refractivity contribution in [2.45, 2.75) is 13.0 Å². The van der Waals surface area contributed by atoms with Gasteiger partial charge < -0.3 is 14.8 Å². The number of benzene rings is 3. The van der Waals surface area contributed by atoms with Crippen LogP contribution in [0.1, 0.15) is 33.2 Å². The maximum Gasteiger partial charge on any atom is 0.219 e. The average Bonchev–Trinajstić information content (AvgIpc) is 3.17. The molecule has 4 nitrogen and oxygen atoms in total. The first-order valence-electron chi connectivity index (χ1n) is 11.6. The zero-order valence-electron chi connectivity index (χ0n) is 18.6. The quantitative estimate of drug-likeness (QED) is 0.408. The Bertz CT molecular complexity index is 1150. The Labute approximate surface area is 189 Å². The highest BCUT2D eigenvalue weighted by Crippen LogP contribution is 2.22. The minimum absolute atomic E-state index is 0.251. The summed E-state index contributed by atoms with van der Waals surface area (Å²) in [5, 5.41) is 1.05. The molecule has 1 aliphatic heterocycles. The number of fused-ring (bicyclic) bond motifs is 1. The third kappa shape index (κ3) is 4.12. The Morgan fingerprint density at radius 2 is 1.38 bits per heavy atom. The maximum absolute atomic E-state index is 13.2. The molecule has 32 heavy (non-hydrogen) atoms. The van der Waals surface area contributed by atoms with Gasteiger partial charge in [-0.05, 0) is 13.0 Å². The molecule has 4 aromatic rings. The van der Waals surface area contributed by atoms with Crippen molar-refractivity contribution >= 4 is 16.7 Å². The van der Waals surface area contributed by atoms with Crippen molar-refractivity contribution in [3.05, 3.63) is 107 Å². The van der Waals surface area contributed by atoms with E-state index in [0.29, 0.717) is 12.6 Å². The second-order valence-electron chi connectivity index (χ2n) is 8.93. The normalized spacial score (nSPS) is 18.8. The molecule has 0 unspecified atom stereocenters. The Morgan fingerprint density at radius 1 is 0.812 bits per heavy atom. The van der Waals surface area contributed by atoms with Crippen molar-refractivity contribution in [3.63, 3.8) is 0 Å². The second kappa shape index (κ2) is 9.11. The molecule has 3 aromatic carbocycles. The molecule has 1 saturated heterocycles. The monoisotopic (exact) mass is 425 g/mol. The number of carbonyl (C=O) groups is 1. The fraction of sp³-hybridized carbons (Fsp3) is 0.250. The van der Waals surface area contributed by atoms with Crippen LogP contribution in [0, 0.1) is 6.92 Å². The van der Waals surface area contributed by atoms with Crippen LogP contribution in [0.2, 0.25) is 0 Å². The minimum atomic E-state index is 0.251. The van der Waals surface area contributed by atoms with Crippen LogP contribution < -0.4 is 9.80 Å². The number of quaternary nitrogens is 2. The van der Waals surface area contributed by atoms with Gasteiger partial charge in [0.05, 0.1) is 5.56 Å². The summed E-state index contributed by atoms with van der Waals surface area (Å²) in [6, 6.07) is 30.1.